The Balaban J connectivity index is 1.78. The van der Waals surface area contributed by atoms with Crippen molar-refractivity contribution in [2.75, 3.05) is 32.8 Å². The molecule has 0 atom stereocenters. The second-order valence-electron chi connectivity index (χ2n) is 5.64. The predicted molar refractivity (Wildman–Crippen MR) is 90.6 cm³/mol. The molecule has 2 aliphatic rings. The topological polar surface area (TPSA) is 66.8 Å². The number of amidine groups is 1. The van der Waals surface area contributed by atoms with E-state index in [1.807, 2.05) is 12.3 Å². The number of nitrogens with zero attached hydrogens (tertiary/aromatic N) is 3. The van der Waals surface area contributed by atoms with Crippen LogP contribution in [0.15, 0.2) is 27.8 Å². The molecule has 2 aliphatic heterocycles. The maximum atomic E-state index is 12.2. The minimum Gasteiger partial charge on any atom is -0.463 e. The third kappa shape index (κ3) is 3.97. The minimum absolute atomic E-state index is 0.269. The van der Waals surface area contributed by atoms with Crippen LogP contribution in [0.25, 0.3) is 0 Å². The van der Waals surface area contributed by atoms with Crippen molar-refractivity contribution >= 4 is 23.1 Å². The SMILES string of the molecule is CCOC(=O)C1=C(CN2CCCCC2)NC(c2nccs2)=NC1. The van der Waals surface area contributed by atoms with Gasteiger partial charge in [-0.1, -0.05) is 6.42 Å². The van der Waals surface area contributed by atoms with E-state index < -0.39 is 0 Å². The van der Waals surface area contributed by atoms with Crippen LogP contribution in [0.2, 0.25) is 0 Å². The standard InChI is InChI=1S/C16H22N4O2S/c1-2-22-16(21)12-10-18-14(15-17-6-9-23-15)19-13(12)11-20-7-4-3-5-8-20/h6,9H,2-5,7-8,10-11H2,1H3,(H,18,19). The molecular weight excluding hydrogens is 312 g/mol. The lowest BCUT2D eigenvalue weighted by atomic mass is 10.1. The Labute approximate surface area is 140 Å². The summed E-state index contributed by atoms with van der Waals surface area (Å²) in [6.45, 7) is 5.43. The molecule has 1 N–H and O–H groups in total. The number of likely N-dealkylation sites (tertiary alicyclic amines) is 1. The van der Waals surface area contributed by atoms with E-state index in [0.717, 1.165) is 36.2 Å². The van der Waals surface area contributed by atoms with Crippen molar-refractivity contribution in [3.05, 3.63) is 27.9 Å². The largest absolute Gasteiger partial charge is 0.463 e. The van der Waals surface area contributed by atoms with Crippen molar-refractivity contribution in [2.24, 2.45) is 4.99 Å². The number of carbonyl (C=O) groups excluding carboxylic acids is 1. The fourth-order valence-electron chi connectivity index (χ4n) is 2.85. The monoisotopic (exact) mass is 334 g/mol. The molecule has 6 nitrogen and oxygen atoms in total. The van der Waals surface area contributed by atoms with Gasteiger partial charge in [-0.25, -0.2) is 9.78 Å². The third-order valence-corrected chi connectivity index (χ3v) is 4.80. The van der Waals surface area contributed by atoms with E-state index >= 15 is 0 Å². The van der Waals surface area contributed by atoms with Gasteiger partial charge in [0.05, 0.1) is 18.7 Å². The molecule has 1 fully saturated rings. The maximum Gasteiger partial charge on any atom is 0.337 e. The normalized spacial score (nSPS) is 19.3. The fourth-order valence-corrected chi connectivity index (χ4v) is 3.45. The predicted octanol–water partition coefficient (Wildman–Crippen LogP) is 1.80. The Morgan fingerprint density at radius 3 is 2.91 bits per heavy atom. The lowest BCUT2D eigenvalue weighted by Gasteiger charge is -2.30. The molecule has 124 valence electrons. The summed E-state index contributed by atoms with van der Waals surface area (Å²) in [7, 11) is 0. The number of aromatic nitrogens is 1. The summed E-state index contributed by atoms with van der Waals surface area (Å²) in [5.41, 5.74) is 1.54. The smallest absolute Gasteiger partial charge is 0.337 e. The molecule has 1 aromatic heterocycles. The average Bonchev–Trinajstić information content (AvgIpc) is 3.10. The van der Waals surface area contributed by atoms with Gasteiger partial charge in [-0.15, -0.1) is 11.3 Å². The first kappa shape index (κ1) is 16.1. The number of nitrogens with one attached hydrogen (secondary N) is 1. The lowest BCUT2D eigenvalue weighted by Crippen LogP contribution is -2.40. The van der Waals surface area contributed by atoms with Crippen LogP contribution < -0.4 is 5.32 Å². The minimum atomic E-state index is -0.269. The van der Waals surface area contributed by atoms with Gasteiger partial charge in [-0.3, -0.25) is 9.89 Å². The van der Waals surface area contributed by atoms with Gasteiger partial charge < -0.3 is 10.1 Å². The number of hydrogen-bond donors (Lipinski definition) is 1. The van der Waals surface area contributed by atoms with Crippen molar-refractivity contribution in [3.8, 4) is 0 Å². The van der Waals surface area contributed by atoms with E-state index in [1.54, 1.807) is 17.5 Å². The number of rotatable bonds is 5. The van der Waals surface area contributed by atoms with E-state index in [4.69, 9.17) is 4.74 Å². The van der Waals surface area contributed by atoms with Crippen LogP contribution in [0.3, 0.4) is 0 Å². The highest BCUT2D eigenvalue weighted by atomic mass is 32.1. The van der Waals surface area contributed by atoms with Crippen molar-refractivity contribution in [3.63, 3.8) is 0 Å². The van der Waals surface area contributed by atoms with Gasteiger partial charge in [0.25, 0.3) is 0 Å². The molecule has 0 unspecified atom stereocenters. The summed E-state index contributed by atoms with van der Waals surface area (Å²) in [6.07, 6.45) is 5.49. The molecule has 0 amide bonds. The Kier molecular flexibility index (Phi) is 5.40. The van der Waals surface area contributed by atoms with Crippen molar-refractivity contribution in [2.45, 2.75) is 26.2 Å². The molecule has 7 heteroatoms. The molecule has 0 aromatic carbocycles. The summed E-state index contributed by atoms with van der Waals surface area (Å²) >= 11 is 1.54. The van der Waals surface area contributed by atoms with Gasteiger partial charge in [-0.2, -0.15) is 0 Å². The van der Waals surface area contributed by atoms with E-state index in [-0.39, 0.29) is 5.97 Å². The molecule has 23 heavy (non-hydrogen) atoms. The lowest BCUT2D eigenvalue weighted by molar-refractivity contribution is -0.138. The Hall–Kier alpha value is -1.73. The van der Waals surface area contributed by atoms with Crippen LogP contribution in [-0.2, 0) is 9.53 Å². The zero-order valence-electron chi connectivity index (χ0n) is 13.4. The molecule has 0 spiro atoms. The Morgan fingerprint density at radius 1 is 1.39 bits per heavy atom. The Morgan fingerprint density at radius 2 is 2.22 bits per heavy atom. The summed E-state index contributed by atoms with van der Waals surface area (Å²) in [6, 6.07) is 0. The second kappa shape index (κ2) is 7.70. The van der Waals surface area contributed by atoms with Crippen LogP contribution >= 0.6 is 11.3 Å². The molecule has 0 aliphatic carbocycles. The van der Waals surface area contributed by atoms with Crippen LogP contribution in [0.5, 0.6) is 0 Å². The van der Waals surface area contributed by atoms with Gasteiger partial charge in [0.1, 0.15) is 0 Å². The second-order valence-corrected chi connectivity index (χ2v) is 6.54. The number of thiazole rings is 1. The molecule has 0 bridgehead atoms. The first-order valence-corrected chi connectivity index (χ1v) is 8.98. The quantitative estimate of drug-likeness (QED) is 0.832. The van der Waals surface area contributed by atoms with E-state index in [0.29, 0.717) is 18.7 Å². The van der Waals surface area contributed by atoms with Gasteiger partial charge >= 0.3 is 5.97 Å². The van der Waals surface area contributed by atoms with Crippen molar-refractivity contribution < 1.29 is 9.53 Å². The van der Waals surface area contributed by atoms with Crippen LogP contribution in [-0.4, -0.2) is 54.5 Å². The zero-order valence-corrected chi connectivity index (χ0v) is 14.2. The number of hydrogen-bond acceptors (Lipinski definition) is 7. The van der Waals surface area contributed by atoms with Crippen LogP contribution in [0.4, 0.5) is 0 Å². The summed E-state index contributed by atoms with van der Waals surface area (Å²) in [5, 5.41) is 6.10. The number of esters is 1. The van der Waals surface area contributed by atoms with Crippen molar-refractivity contribution in [1.29, 1.82) is 0 Å². The third-order valence-electron chi connectivity index (χ3n) is 4.02. The Bertz CT molecular complexity index is 604. The molecule has 0 saturated carbocycles. The van der Waals surface area contributed by atoms with Gasteiger partial charge in [0.15, 0.2) is 10.8 Å². The summed E-state index contributed by atoms with van der Waals surface area (Å²) < 4.78 is 5.19. The molecule has 1 saturated heterocycles. The van der Waals surface area contributed by atoms with E-state index in [1.165, 1.54) is 19.3 Å². The van der Waals surface area contributed by atoms with Crippen LogP contribution in [0.1, 0.15) is 31.2 Å². The number of aliphatic imine (C=N–C) groups is 1. The molecular formula is C16H22N4O2S. The van der Waals surface area contributed by atoms with Crippen LogP contribution in [0, 0.1) is 0 Å². The summed E-state index contributed by atoms with van der Waals surface area (Å²) in [5.74, 6) is 0.481. The highest BCUT2D eigenvalue weighted by Crippen LogP contribution is 2.18. The van der Waals surface area contributed by atoms with E-state index in [2.05, 4.69) is 20.2 Å². The number of carbonyl (C=O) groups is 1. The van der Waals surface area contributed by atoms with Gasteiger partial charge in [-0.05, 0) is 32.9 Å². The van der Waals surface area contributed by atoms with Gasteiger partial charge in [0, 0.05) is 23.8 Å². The van der Waals surface area contributed by atoms with Gasteiger partial charge in [0.2, 0.25) is 0 Å². The number of ether oxygens (including phenoxy) is 1. The van der Waals surface area contributed by atoms with Crippen molar-refractivity contribution in [1.82, 2.24) is 15.2 Å². The summed E-state index contributed by atoms with van der Waals surface area (Å²) in [4.78, 5) is 23.4. The molecule has 0 radical (unpaired) electrons. The molecule has 1 aromatic rings. The molecule has 3 rings (SSSR count). The average molecular weight is 334 g/mol. The highest BCUT2D eigenvalue weighted by Gasteiger charge is 2.25. The highest BCUT2D eigenvalue weighted by molar-refractivity contribution is 7.11. The zero-order chi connectivity index (χ0) is 16.1. The molecule has 3 heterocycles. The first-order chi connectivity index (χ1) is 11.3. The number of piperidine rings is 1. The van der Waals surface area contributed by atoms with E-state index in [9.17, 15) is 4.79 Å². The first-order valence-electron chi connectivity index (χ1n) is 8.10. The maximum absolute atomic E-state index is 12.2. The fraction of sp³-hybridized carbons (Fsp3) is 0.562.